The summed E-state index contributed by atoms with van der Waals surface area (Å²) in [5.41, 5.74) is 2.76. The molecule has 1 amide bonds. The van der Waals surface area contributed by atoms with Crippen LogP contribution in [-0.2, 0) is 5.75 Å². The molecule has 1 aromatic carbocycles. The van der Waals surface area contributed by atoms with Gasteiger partial charge in [-0.15, -0.1) is 0 Å². The summed E-state index contributed by atoms with van der Waals surface area (Å²) in [6.45, 7) is 7.55. The molecule has 7 nitrogen and oxygen atoms in total. The largest absolute Gasteiger partial charge is 0.354 e. The predicted molar refractivity (Wildman–Crippen MR) is 123 cm³/mol. The number of amides is 1. The Morgan fingerprint density at radius 3 is 2.67 bits per heavy atom. The summed E-state index contributed by atoms with van der Waals surface area (Å²) in [4.78, 5) is 28.5. The molecule has 0 radical (unpaired) electrons. The normalized spacial score (nSPS) is 14.9. The molecule has 162 valence electrons. The summed E-state index contributed by atoms with van der Waals surface area (Å²) in [6.07, 6.45) is 0. The van der Waals surface area contributed by atoms with Crippen molar-refractivity contribution in [2.75, 3.05) is 65.3 Å². The molecule has 1 N–H and O–H groups in total. The van der Waals surface area contributed by atoms with Gasteiger partial charge in [0.25, 0.3) is 5.91 Å². The molecule has 0 saturated carbocycles. The summed E-state index contributed by atoms with van der Waals surface area (Å²) in [6, 6.07) is 9.85. The van der Waals surface area contributed by atoms with Gasteiger partial charge in [-0.05, 0) is 45.8 Å². The van der Waals surface area contributed by atoms with E-state index in [-0.39, 0.29) is 5.91 Å². The van der Waals surface area contributed by atoms with Crippen LogP contribution in [0.3, 0.4) is 0 Å². The minimum Gasteiger partial charge on any atom is -0.354 e. The second-order valence-electron chi connectivity index (χ2n) is 7.99. The average Bonchev–Trinajstić information content (AvgIpc) is 2.72. The van der Waals surface area contributed by atoms with Gasteiger partial charge < -0.3 is 20.0 Å². The van der Waals surface area contributed by atoms with E-state index in [1.807, 2.05) is 50.2 Å². The highest BCUT2D eigenvalue weighted by Crippen LogP contribution is 2.23. The summed E-state index contributed by atoms with van der Waals surface area (Å²) < 4.78 is 0. The summed E-state index contributed by atoms with van der Waals surface area (Å²) >= 11 is 1.61. The first-order valence-corrected chi connectivity index (χ1v) is 11.3. The number of piperazine rings is 1. The van der Waals surface area contributed by atoms with Crippen molar-refractivity contribution in [2.45, 2.75) is 17.8 Å². The third-order valence-electron chi connectivity index (χ3n) is 5.05. The van der Waals surface area contributed by atoms with Crippen molar-refractivity contribution in [2.24, 2.45) is 0 Å². The molecule has 2 heterocycles. The molecule has 1 saturated heterocycles. The molecule has 0 atom stereocenters. The zero-order chi connectivity index (χ0) is 21.5. The smallest absolute Gasteiger partial charge is 0.251 e. The van der Waals surface area contributed by atoms with Crippen molar-refractivity contribution in [1.29, 1.82) is 0 Å². The van der Waals surface area contributed by atoms with Crippen molar-refractivity contribution in [3.05, 3.63) is 47.2 Å². The van der Waals surface area contributed by atoms with E-state index in [1.54, 1.807) is 11.8 Å². The quantitative estimate of drug-likeness (QED) is 0.510. The molecule has 1 aromatic heterocycles. The van der Waals surface area contributed by atoms with Crippen LogP contribution >= 0.6 is 11.8 Å². The minimum absolute atomic E-state index is 0.0344. The minimum atomic E-state index is -0.0344. The number of hydrogen-bond acceptors (Lipinski definition) is 7. The van der Waals surface area contributed by atoms with E-state index in [0.717, 1.165) is 60.7 Å². The van der Waals surface area contributed by atoms with Gasteiger partial charge in [-0.3, -0.25) is 4.79 Å². The zero-order valence-corrected chi connectivity index (χ0v) is 19.2. The summed E-state index contributed by atoms with van der Waals surface area (Å²) in [5, 5.41) is 3.75. The van der Waals surface area contributed by atoms with E-state index in [4.69, 9.17) is 4.98 Å². The maximum Gasteiger partial charge on any atom is 0.251 e. The highest BCUT2D eigenvalue weighted by Gasteiger charge is 2.17. The van der Waals surface area contributed by atoms with E-state index in [1.165, 1.54) is 0 Å². The molecule has 0 spiro atoms. The topological polar surface area (TPSA) is 64.6 Å². The van der Waals surface area contributed by atoms with Crippen LogP contribution in [-0.4, -0.2) is 86.1 Å². The molecule has 8 heteroatoms. The first-order valence-electron chi connectivity index (χ1n) is 10.3. The first kappa shape index (κ1) is 22.5. The molecule has 1 fully saturated rings. The van der Waals surface area contributed by atoms with Crippen molar-refractivity contribution in [3.63, 3.8) is 0 Å². The van der Waals surface area contributed by atoms with Crippen LogP contribution in [0.2, 0.25) is 0 Å². The van der Waals surface area contributed by atoms with E-state index >= 15 is 0 Å². The number of carbonyl (C=O) groups excluding carboxylic acids is 1. The van der Waals surface area contributed by atoms with Crippen molar-refractivity contribution < 1.29 is 4.79 Å². The molecular weight excluding hydrogens is 396 g/mol. The van der Waals surface area contributed by atoms with Crippen molar-refractivity contribution in [3.8, 4) is 0 Å². The number of hydrogen-bond donors (Lipinski definition) is 1. The average molecular weight is 429 g/mol. The molecule has 1 aliphatic rings. The van der Waals surface area contributed by atoms with E-state index in [0.29, 0.717) is 12.1 Å². The number of thioether (sulfide) groups is 1. The molecular formula is C22H32N6OS. The maximum atomic E-state index is 12.4. The number of benzene rings is 1. The molecule has 3 rings (SSSR count). The molecule has 2 aromatic rings. The van der Waals surface area contributed by atoms with Crippen LogP contribution < -0.4 is 10.2 Å². The Kier molecular flexibility index (Phi) is 8.07. The lowest BCUT2D eigenvalue weighted by Crippen LogP contribution is -2.44. The third kappa shape index (κ3) is 6.68. The van der Waals surface area contributed by atoms with Gasteiger partial charge in [0, 0.05) is 62.3 Å². The molecule has 1 aliphatic heterocycles. The van der Waals surface area contributed by atoms with Gasteiger partial charge in [0.1, 0.15) is 5.82 Å². The van der Waals surface area contributed by atoms with Crippen LogP contribution in [0.15, 0.2) is 35.5 Å². The Hall–Kier alpha value is -2.16. The monoisotopic (exact) mass is 428 g/mol. The van der Waals surface area contributed by atoms with E-state index in [2.05, 4.69) is 33.2 Å². The van der Waals surface area contributed by atoms with Gasteiger partial charge in [-0.25, -0.2) is 9.97 Å². The van der Waals surface area contributed by atoms with Gasteiger partial charge in [-0.1, -0.05) is 23.9 Å². The van der Waals surface area contributed by atoms with Crippen molar-refractivity contribution >= 4 is 23.5 Å². The molecule has 0 bridgehead atoms. The number of aromatic nitrogens is 2. The Morgan fingerprint density at radius 2 is 1.93 bits per heavy atom. The number of rotatable bonds is 8. The Morgan fingerprint density at radius 1 is 1.17 bits per heavy atom. The second-order valence-corrected chi connectivity index (χ2v) is 8.93. The van der Waals surface area contributed by atoms with Crippen LogP contribution in [0.25, 0.3) is 0 Å². The van der Waals surface area contributed by atoms with Gasteiger partial charge in [0.2, 0.25) is 0 Å². The highest BCUT2D eigenvalue weighted by atomic mass is 32.2. The van der Waals surface area contributed by atoms with E-state index < -0.39 is 0 Å². The lowest BCUT2D eigenvalue weighted by molar-refractivity contribution is 0.0951. The van der Waals surface area contributed by atoms with Crippen LogP contribution in [0.4, 0.5) is 5.82 Å². The lowest BCUT2D eigenvalue weighted by Gasteiger charge is -2.33. The Balaban J connectivity index is 1.61. The zero-order valence-electron chi connectivity index (χ0n) is 18.4. The highest BCUT2D eigenvalue weighted by molar-refractivity contribution is 7.98. The lowest BCUT2D eigenvalue weighted by atomic mass is 10.1. The fourth-order valence-corrected chi connectivity index (χ4v) is 4.07. The number of nitrogens with one attached hydrogen (secondary N) is 1. The van der Waals surface area contributed by atoms with Crippen LogP contribution in [0.5, 0.6) is 0 Å². The number of carbonyl (C=O) groups is 1. The van der Waals surface area contributed by atoms with Crippen LogP contribution in [0.1, 0.15) is 21.6 Å². The standard InChI is InChI=1S/C22H32N6OS/c1-17-14-20(28-12-10-27(4)11-13-28)25-22(24-17)30-16-18-6-5-7-19(15-18)21(29)23-8-9-26(2)3/h5-7,14-15H,8-13,16H2,1-4H3,(H,23,29). The SMILES string of the molecule is Cc1cc(N2CCN(C)CC2)nc(SCc2cccc(C(=O)NCCN(C)C)c2)n1. The summed E-state index contributed by atoms with van der Waals surface area (Å²) in [7, 11) is 6.14. The predicted octanol–water partition coefficient (Wildman–Crippen LogP) is 2.12. The molecule has 30 heavy (non-hydrogen) atoms. The molecule has 0 unspecified atom stereocenters. The number of anilines is 1. The fraction of sp³-hybridized carbons (Fsp3) is 0.500. The summed E-state index contributed by atoms with van der Waals surface area (Å²) in [5.74, 6) is 1.70. The number of aryl methyl sites for hydroxylation is 1. The number of likely N-dealkylation sites (N-methyl/N-ethyl adjacent to an activating group) is 2. The van der Waals surface area contributed by atoms with Gasteiger partial charge in [-0.2, -0.15) is 0 Å². The second kappa shape index (κ2) is 10.7. The Labute approximate surface area is 183 Å². The third-order valence-corrected chi connectivity index (χ3v) is 5.97. The van der Waals surface area contributed by atoms with Crippen molar-refractivity contribution in [1.82, 2.24) is 25.1 Å². The maximum absolute atomic E-state index is 12.4. The fourth-order valence-electron chi connectivity index (χ4n) is 3.23. The van der Waals surface area contributed by atoms with Gasteiger partial charge in [0.05, 0.1) is 0 Å². The van der Waals surface area contributed by atoms with Crippen LogP contribution in [0, 0.1) is 6.92 Å². The first-order chi connectivity index (χ1) is 14.4. The molecule has 0 aliphatic carbocycles. The van der Waals surface area contributed by atoms with Gasteiger partial charge in [0.15, 0.2) is 5.16 Å². The van der Waals surface area contributed by atoms with E-state index in [9.17, 15) is 4.79 Å². The van der Waals surface area contributed by atoms with Gasteiger partial charge >= 0.3 is 0 Å². The Bertz CT molecular complexity index is 851. The number of nitrogens with zero attached hydrogens (tertiary/aromatic N) is 5.